The lowest BCUT2D eigenvalue weighted by Gasteiger charge is -2.08. The van der Waals surface area contributed by atoms with Crippen LogP contribution in [-0.2, 0) is 16.2 Å². The highest BCUT2D eigenvalue weighted by molar-refractivity contribution is 8.15. The Morgan fingerprint density at radius 1 is 1.25 bits per heavy atom. The van der Waals surface area contributed by atoms with E-state index in [4.69, 9.17) is 9.84 Å². The average molecular weight is 397 g/mol. The molecule has 28 heavy (non-hydrogen) atoms. The van der Waals surface area contributed by atoms with Crippen LogP contribution >= 0.6 is 11.8 Å². The molecule has 2 aromatic rings. The minimum absolute atomic E-state index is 0.247. The lowest BCUT2D eigenvalue weighted by atomic mass is 10.1. The average Bonchev–Trinajstić information content (AvgIpc) is 3.01. The number of thioether (sulfide) groups is 1. The number of amidine groups is 1. The molecule has 1 saturated heterocycles. The van der Waals surface area contributed by atoms with E-state index in [0.717, 1.165) is 28.6 Å². The minimum Gasteiger partial charge on any atom is -0.489 e. The van der Waals surface area contributed by atoms with Gasteiger partial charge in [0, 0.05) is 0 Å². The summed E-state index contributed by atoms with van der Waals surface area (Å²) in [4.78, 5) is 22.3. The molecule has 2 aromatic carbocycles. The fraction of sp³-hybridized carbons (Fsp3) is 0.200. The van der Waals surface area contributed by atoms with Crippen molar-refractivity contribution in [2.45, 2.75) is 25.2 Å². The van der Waals surface area contributed by atoms with Crippen molar-refractivity contribution < 1.29 is 19.4 Å². The highest BCUT2D eigenvalue weighted by Gasteiger charge is 2.32. The van der Waals surface area contributed by atoms with Gasteiger partial charge in [-0.2, -0.15) is 5.10 Å². The van der Waals surface area contributed by atoms with Gasteiger partial charge in [-0.05, 0) is 47.9 Å². The Hall–Kier alpha value is -3.13. The van der Waals surface area contributed by atoms with E-state index in [2.05, 4.69) is 28.5 Å². The number of hydrogen-bond acceptors (Lipinski definition) is 6. The highest BCUT2D eigenvalue weighted by Crippen LogP contribution is 2.22. The van der Waals surface area contributed by atoms with Gasteiger partial charge in [0.25, 0.3) is 0 Å². The molecule has 2 N–H and O–H groups in total. The Morgan fingerprint density at radius 3 is 2.71 bits per heavy atom. The molecule has 1 fully saturated rings. The largest absolute Gasteiger partial charge is 0.489 e. The first-order chi connectivity index (χ1) is 13.5. The molecule has 0 saturated carbocycles. The number of aliphatic carboxylic acids is 1. The Kier molecular flexibility index (Phi) is 6.44. The quantitative estimate of drug-likeness (QED) is 0.553. The second-order valence-corrected chi connectivity index (χ2v) is 7.32. The third-order valence-electron chi connectivity index (χ3n) is 4.03. The number of ether oxygens (including phenoxy) is 1. The van der Waals surface area contributed by atoms with Gasteiger partial charge >= 0.3 is 5.97 Å². The SMILES string of the molecule is Cc1ccccc1COc1ccc(/C=N/N=C2\NC(=O)C(CC(=O)O)S2)cc1. The van der Waals surface area contributed by atoms with Crippen LogP contribution in [0.5, 0.6) is 5.75 Å². The topological polar surface area (TPSA) is 100 Å². The minimum atomic E-state index is -1.03. The third kappa shape index (κ3) is 5.43. The van der Waals surface area contributed by atoms with Gasteiger partial charge in [0.1, 0.15) is 17.6 Å². The Morgan fingerprint density at radius 2 is 2.00 bits per heavy atom. The summed E-state index contributed by atoms with van der Waals surface area (Å²) in [6.07, 6.45) is 1.30. The molecule has 1 atom stereocenters. The maximum atomic E-state index is 11.6. The molecule has 1 aliphatic heterocycles. The van der Waals surface area contributed by atoms with Crippen molar-refractivity contribution in [2.24, 2.45) is 10.2 Å². The van der Waals surface area contributed by atoms with Crippen molar-refractivity contribution in [3.8, 4) is 5.75 Å². The first kappa shape index (κ1) is 19.6. The van der Waals surface area contributed by atoms with E-state index >= 15 is 0 Å². The van der Waals surface area contributed by atoms with Gasteiger partial charge in [0.2, 0.25) is 5.91 Å². The maximum Gasteiger partial charge on any atom is 0.305 e. The second-order valence-electron chi connectivity index (χ2n) is 6.13. The third-order valence-corrected chi connectivity index (χ3v) is 5.10. The molecule has 1 heterocycles. The van der Waals surface area contributed by atoms with Gasteiger partial charge in [-0.15, -0.1) is 5.10 Å². The molecule has 7 nitrogen and oxygen atoms in total. The molecular formula is C20H19N3O4S. The van der Waals surface area contributed by atoms with Gasteiger partial charge in [0.15, 0.2) is 5.17 Å². The number of benzene rings is 2. The van der Waals surface area contributed by atoms with Crippen LogP contribution in [0.2, 0.25) is 0 Å². The van der Waals surface area contributed by atoms with E-state index in [1.54, 1.807) is 6.21 Å². The molecule has 0 radical (unpaired) electrons. The number of nitrogens with zero attached hydrogens (tertiary/aromatic N) is 2. The molecule has 0 spiro atoms. The fourth-order valence-electron chi connectivity index (χ4n) is 2.48. The molecule has 0 aliphatic carbocycles. The number of rotatable bonds is 7. The van der Waals surface area contributed by atoms with Crippen molar-refractivity contribution in [2.75, 3.05) is 0 Å². The first-order valence-corrected chi connectivity index (χ1v) is 9.47. The summed E-state index contributed by atoms with van der Waals surface area (Å²) in [6, 6.07) is 15.5. The maximum absolute atomic E-state index is 11.6. The summed E-state index contributed by atoms with van der Waals surface area (Å²) in [5.74, 6) is -0.638. The van der Waals surface area contributed by atoms with E-state index in [-0.39, 0.29) is 12.3 Å². The number of amides is 1. The first-order valence-electron chi connectivity index (χ1n) is 8.59. The van der Waals surface area contributed by atoms with Crippen molar-refractivity contribution in [1.82, 2.24) is 5.32 Å². The second kappa shape index (κ2) is 9.18. The number of carbonyl (C=O) groups excluding carboxylic acids is 1. The van der Waals surface area contributed by atoms with Crippen molar-refractivity contribution in [3.63, 3.8) is 0 Å². The van der Waals surface area contributed by atoms with Crippen LogP contribution in [0.3, 0.4) is 0 Å². The smallest absolute Gasteiger partial charge is 0.305 e. The van der Waals surface area contributed by atoms with E-state index in [9.17, 15) is 9.59 Å². The van der Waals surface area contributed by atoms with Gasteiger partial charge in [-0.1, -0.05) is 36.0 Å². The predicted octanol–water partition coefficient (Wildman–Crippen LogP) is 2.97. The van der Waals surface area contributed by atoms with Crippen molar-refractivity contribution in [1.29, 1.82) is 0 Å². The fourth-order valence-corrected chi connectivity index (χ4v) is 3.39. The van der Waals surface area contributed by atoms with Crippen LogP contribution in [0.15, 0.2) is 58.7 Å². The lowest BCUT2D eigenvalue weighted by molar-refractivity contribution is -0.138. The summed E-state index contributed by atoms with van der Waals surface area (Å²) >= 11 is 1.07. The zero-order valence-corrected chi connectivity index (χ0v) is 16.0. The van der Waals surface area contributed by atoms with Crippen LogP contribution in [0.4, 0.5) is 0 Å². The zero-order chi connectivity index (χ0) is 19.9. The molecule has 0 aromatic heterocycles. The van der Waals surface area contributed by atoms with E-state index in [1.165, 1.54) is 5.56 Å². The lowest BCUT2D eigenvalue weighted by Crippen LogP contribution is -2.26. The molecule has 3 rings (SSSR count). The highest BCUT2D eigenvalue weighted by atomic mass is 32.2. The summed E-state index contributed by atoms with van der Waals surface area (Å²) in [5, 5.41) is 18.8. The van der Waals surface area contributed by atoms with Crippen LogP contribution in [0, 0.1) is 6.92 Å². The number of carboxylic acid groups (broad SMARTS) is 1. The summed E-state index contributed by atoms with van der Waals surface area (Å²) in [5.41, 5.74) is 3.15. The van der Waals surface area contributed by atoms with Gasteiger partial charge < -0.3 is 15.2 Å². The molecule has 144 valence electrons. The van der Waals surface area contributed by atoms with E-state index < -0.39 is 11.2 Å². The molecule has 1 unspecified atom stereocenters. The van der Waals surface area contributed by atoms with Crippen LogP contribution < -0.4 is 10.1 Å². The van der Waals surface area contributed by atoms with Crippen LogP contribution in [0.25, 0.3) is 0 Å². The molecule has 8 heteroatoms. The molecule has 0 bridgehead atoms. The zero-order valence-electron chi connectivity index (χ0n) is 15.2. The Balaban J connectivity index is 1.53. The number of nitrogens with one attached hydrogen (secondary N) is 1. The number of hydrogen-bond donors (Lipinski definition) is 2. The van der Waals surface area contributed by atoms with Gasteiger partial charge in [0.05, 0.1) is 12.6 Å². The van der Waals surface area contributed by atoms with E-state index in [1.807, 2.05) is 42.5 Å². The van der Waals surface area contributed by atoms with Crippen LogP contribution in [0.1, 0.15) is 23.1 Å². The van der Waals surface area contributed by atoms with Crippen LogP contribution in [-0.4, -0.2) is 33.6 Å². The number of carbonyl (C=O) groups is 2. The molecule has 1 aliphatic rings. The Labute approximate surface area is 166 Å². The van der Waals surface area contributed by atoms with E-state index in [0.29, 0.717) is 11.8 Å². The number of carboxylic acids is 1. The van der Waals surface area contributed by atoms with Crippen molar-refractivity contribution in [3.05, 3.63) is 65.2 Å². The van der Waals surface area contributed by atoms with Gasteiger partial charge in [-0.25, -0.2) is 0 Å². The normalized spacial score (nSPS) is 17.8. The number of aryl methyl sites for hydroxylation is 1. The predicted molar refractivity (Wildman–Crippen MR) is 109 cm³/mol. The monoisotopic (exact) mass is 397 g/mol. The molecular weight excluding hydrogens is 378 g/mol. The Bertz CT molecular complexity index is 925. The molecule has 1 amide bonds. The summed E-state index contributed by atoms with van der Waals surface area (Å²) in [6.45, 7) is 2.55. The standard InChI is InChI=1S/C20H19N3O4S/c1-13-4-2-3-5-15(13)12-27-16-8-6-14(7-9-16)11-21-23-20-22-19(26)17(28-20)10-18(24)25/h2-9,11,17H,10,12H2,1H3,(H,24,25)(H,22,23,26)/b21-11+. The van der Waals surface area contributed by atoms with Crippen molar-refractivity contribution >= 4 is 35.0 Å². The summed E-state index contributed by atoms with van der Waals surface area (Å²) < 4.78 is 5.80. The summed E-state index contributed by atoms with van der Waals surface area (Å²) in [7, 11) is 0. The van der Waals surface area contributed by atoms with Gasteiger partial charge in [-0.3, -0.25) is 9.59 Å².